The van der Waals surface area contributed by atoms with Crippen molar-refractivity contribution >= 4 is 17.7 Å². The molecule has 110 valence electrons. The molecule has 0 aliphatic heterocycles. The predicted molar refractivity (Wildman–Crippen MR) is 74.2 cm³/mol. The Morgan fingerprint density at radius 3 is 2.60 bits per heavy atom. The molecule has 1 aliphatic carbocycles. The summed E-state index contributed by atoms with van der Waals surface area (Å²) in [4.78, 5) is 23.2. The predicted octanol–water partition coefficient (Wildman–Crippen LogP) is 2.17. The summed E-state index contributed by atoms with van der Waals surface area (Å²) in [6.07, 6.45) is 6.85. The molecule has 2 rings (SSSR count). The van der Waals surface area contributed by atoms with Gasteiger partial charge in [-0.15, -0.1) is 0 Å². The third-order valence-electron chi connectivity index (χ3n) is 3.96. The molecule has 0 saturated heterocycles. The van der Waals surface area contributed by atoms with Gasteiger partial charge < -0.3 is 10.4 Å². The van der Waals surface area contributed by atoms with E-state index in [0.717, 1.165) is 32.1 Å². The fraction of sp³-hybridized carbons (Fsp3) is 0.643. The van der Waals surface area contributed by atoms with Gasteiger partial charge in [0.15, 0.2) is 5.82 Å². The summed E-state index contributed by atoms with van der Waals surface area (Å²) in [6, 6.07) is 1.72. The second-order valence-electron chi connectivity index (χ2n) is 5.73. The van der Waals surface area contributed by atoms with Crippen molar-refractivity contribution < 1.29 is 14.7 Å². The lowest BCUT2D eigenvalue weighted by atomic mass is 9.69. The second-order valence-corrected chi connectivity index (χ2v) is 5.73. The highest BCUT2D eigenvalue weighted by molar-refractivity contribution is 5.90. The first-order valence-corrected chi connectivity index (χ1v) is 7.00. The Kier molecular flexibility index (Phi) is 4.42. The first kappa shape index (κ1) is 14.6. The number of carboxylic acid groups (broad SMARTS) is 1. The molecule has 1 aliphatic rings. The van der Waals surface area contributed by atoms with Crippen LogP contribution in [0.15, 0.2) is 12.3 Å². The van der Waals surface area contributed by atoms with Gasteiger partial charge in [0.1, 0.15) is 0 Å². The van der Waals surface area contributed by atoms with Gasteiger partial charge in [0, 0.05) is 25.7 Å². The lowest BCUT2D eigenvalue weighted by Crippen LogP contribution is -2.32. The first-order chi connectivity index (χ1) is 9.49. The number of carbonyl (C=O) groups excluding carboxylic acids is 1. The summed E-state index contributed by atoms with van der Waals surface area (Å²) in [7, 11) is 1.78. The molecule has 0 radical (unpaired) electrons. The zero-order valence-electron chi connectivity index (χ0n) is 11.8. The van der Waals surface area contributed by atoms with E-state index in [2.05, 4.69) is 10.4 Å². The van der Waals surface area contributed by atoms with Gasteiger partial charge in [-0.1, -0.05) is 19.3 Å². The molecule has 20 heavy (non-hydrogen) atoms. The molecule has 6 heteroatoms. The van der Waals surface area contributed by atoms with Crippen molar-refractivity contribution in [3.63, 3.8) is 0 Å². The van der Waals surface area contributed by atoms with Crippen LogP contribution in [-0.4, -0.2) is 26.8 Å². The van der Waals surface area contributed by atoms with E-state index in [1.807, 2.05) is 0 Å². The summed E-state index contributed by atoms with van der Waals surface area (Å²) in [5.41, 5.74) is -0.386. The minimum Gasteiger partial charge on any atom is -0.481 e. The number of hydrogen-bond donors (Lipinski definition) is 2. The Morgan fingerprint density at radius 1 is 1.35 bits per heavy atom. The normalized spacial score (nSPS) is 17.6. The third-order valence-corrected chi connectivity index (χ3v) is 3.96. The molecule has 1 saturated carbocycles. The van der Waals surface area contributed by atoms with E-state index < -0.39 is 5.97 Å². The number of aryl methyl sites for hydroxylation is 1. The van der Waals surface area contributed by atoms with Crippen LogP contribution in [0.5, 0.6) is 0 Å². The largest absolute Gasteiger partial charge is 0.481 e. The van der Waals surface area contributed by atoms with E-state index in [-0.39, 0.29) is 24.2 Å². The van der Waals surface area contributed by atoms with Crippen molar-refractivity contribution in [1.82, 2.24) is 9.78 Å². The fourth-order valence-electron chi connectivity index (χ4n) is 3.05. The van der Waals surface area contributed by atoms with Gasteiger partial charge in [-0.3, -0.25) is 14.3 Å². The van der Waals surface area contributed by atoms with E-state index in [0.29, 0.717) is 5.82 Å². The Balaban J connectivity index is 1.99. The minimum atomic E-state index is -0.822. The van der Waals surface area contributed by atoms with Crippen molar-refractivity contribution in [2.45, 2.75) is 44.9 Å². The summed E-state index contributed by atoms with van der Waals surface area (Å²) < 4.78 is 1.61. The van der Waals surface area contributed by atoms with Crippen molar-refractivity contribution in [2.75, 3.05) is 5.32 Å². The van der Waals surface area contributed by atoms with E-state index >= 15 is 0 Å². The quantitative estimate of drug-likeness (QED) is 0.865. The summed E-state index contributed by atoms with van der Waals surface area (Å²) in [5, 5.41) is 15.9. The number of hydrogen-bond acceptors (Lipinski definition) is 3. The Morgan fingerprint density at radius 2 is 2.05 bits per heavy atom. The number of nitrogens with one attached hydrogen (secondary N) is 1. The van der Waals surface area contributed by atoms with Crippen LogP contribution in [-0.2, 0) is 16.6 Å². The maximum Gasteiger partial charge on any atom is 0.303 e. The van der Waals surface area contributed by atoms with Gasteiger partial charge in [0.05, 0.1) is 6.42 Å². The standard InChI is InChI=1S/C14H21N3O3/c1-17-8-5-11(16-17)15-12(18)9-14(10-13(19)20)6-3-2-4-7-14/h5,8H,2-4,6-7,9-10H2,1H3,(H,19,20)(H,15,16,18). The Bertz CT molecular complexity index is 490. The Hall–Kier alpha value is -1.85. The van der Waals surface area contributed by atoms with E-state index in [1.165, 1.54) is 0 Å². The Labute approximate surface area is 118 Å². The van der Waals surface area contributed by atoms with Gasteiger partial charge in [-0.05, 0) is 18.3 Å². The van der Waals surface area contributed by atoms with Crippen LogP contribution in [0.4, 0.5) is 5.82 Å². The smallest absolute Gasteiger partial charge is 0.303 e. The molecule has 0 aromatic carbocycles. The molecule has 1 fully saturated rings. The lowest BCUT2D eigenvalue weighted by molar-refractivity contribution is -0.140. The molecule has 0 bridgehead atoms. The number of carbonyl (C=O) groups is 2. The van der Waals surface area contributed by atoms with Crippen molar-refractivity contribution in [3.8, 4) is 0 Å². The van der Waals surface area contributed by atoms with Crippen molar-refractivity contribution in [3.05, 3.63) is 12.3 Å². The van der Waals surface area contributed by atoms with E-state index in [9.17, 15) is 9.59 Å². The minimum absolute atomic E-state index is 0.0721. The van der Waals surface area contributed by atoms with Crippen LogP contribution < -0.4 is 5.32 Å². The number of aromatic nitrogens is 2. The third kappa shape index (κ3) is 3.82. The molecule has 2 N–H and O–H groups in total. The van der Waals surface area contributed by atoms with Crippen molar-refractivity contribution in [1.29, 1.82) is 0 Å². The summed E-state index contributed by atoms with van der Waals surface area (Å²) in [6.45, 7) is 0. The summed E-state index contributed by atoms with van der Waals surface area (Å²) in [5.74, 6) is -0.455. The van der Waals surface area contributed by atoms with Crippen LogP contribution >= 0.6 is 0 Å². The zero-order chi connectivity index (χ0) is 14.6. The number of anilines is 1. The monoisotopic (exact) mass is 279 g/mol. The van der Waals surface area contributed by atoms with Crippen LogP contribution in [0.1, 0.15) is 44.9 Å². The van der Waals surface area contributed by atoms with Gasteiger partial charge in [-0.25, -0.2) is 0 Å². The fourth-order valence-corrected chi connectivity index (χ4v) is 3.05. The highest BCUT2D eigenvalue weighted by Crippen LogP contribution is 2.42. The molecule has 1 aromatic rings. The highest BCUT2D eigenvalue weighted by Gasteiger charge is 2.36. The molecule has 1 heterocycles. The van der Waals surface area contributed by atoms with Crippen LogP contribution in [0.3, 0.4) is 0 Å². The van der Waals surface area contributed by atoms with Crippen LogP contribution in [0, 0.1) is 5.41 Å². The number of amides is 1. The molecule has 0 atom stereocenters. The van der Waals surface area contributed by atoms with Crippen molar-refractivity contribution in [2.24, 2.45) is 12.5 Å². The van der Waals surface area contributed by atoms with Crippen LogP contribution in [0.2, 0.25) is 0 Å². The highest BCUT2D eigenvalue weighted by atomic mass is 16.4. The molecular weight excluding hydrogens is 258 g/mol. The maximum atomic E-state index is 12.1. The number of aliphatic carboxylic acids is 1. The van der Waals surface area contributed by atoms with Gasteiger partial charge in [0.2, 0.25) is 5.91 Å². The first-order valence-electron chi connectivity index (χ1n) is 7.00. The van der Waals surface area contributed by atoms with Gasteiger partial charge in [0.25, 0.3) is 0 Å². The molecule has 1 amide bonds. The zero-order valence-corrected chi connectivity index (χ0v) is 11.8. The number of rotatable bonds is 5. The van der Waals surface area contributed by atoms with Gasteiger partial charge in [-0.2, -0.15) is 5.10 Å². The molecule has 1 aromatic heterocycles. The number of nitrogens with zero attached hydrogens (tertiary/aromatic N) is 2. The molecule has 6 nitrogen and oxygen atoms in total. The van der Waals surface area contributed by atoms with E-state index in [1.54, 1.807) is 24.0 Å². The average Bonchev–Trinajstić information content (AvgIpc) is 2.74. The average molecular weight is 279 g/mol. The summed E-state index contributed by atoms with van der Waals surface area (Å²) >= 11 is 0. The second kappa shape index (κ2) is 6.07. The lowest BCUT2D eigenvalue weighted by Gasteiger charge is -2.35. The topological polar surface area (TPSA) is 84.2 Å². The van der Waals surface area contributed by atoms with E-state index in [4.69, 9.17) is 5.11 Å². The molecule has 0 spiro atoms. The maximum absolute atomic E-state index is 12.1. The molecule has 0 unspecified atom stereocenters. The SMILES string of the molecule is Cn1ccc(NC(=O)CC2(CC(=O)O)CCCCC2)n1. The van der Waals surface area contributed by atoms with Gasteiger partial charge >= 0.3 is 5.97 Å². The number of carboxylic acids is 1. The molecular formula is C14H21N3O3. The van der Waals surface area contributed by atoms with Crippen LogP contribution in [0.25, 0.3) is 0 Å².